The molecule has 3 aromatic rings. The molecule has 0 N–H and O–H groups in total. The normalized spacial score (nSPS) is 14.0. The Balaban J connectivity index is 1.71. The Bertz CT molecular complexity index is 876. The van der Waals surface area contributed by atoms with E-state index in [1.54, 1.807) is 0 Å². The molecule has 0 heteroatoms. The molecule has 0 saturated heterocycles. The van der Waals surface area contributed by atoms with Gasteiger partial charge in [-0.3, -0.25) is 0 Å². The molecule has 0 heterocycles. The fraction of sp³-hybridized carbons (Fsp3) is 0.154. The first-order chi connectivity index (χ1) is 12.8. The van der Waals surface area contributed by atoms with Gasteiger partial charge in [-0.1, -0.05) is 109 Å². The quantitative estimate of drug-likeness (QED) is 0.499. The summed E-state index contributed by atoms with van der Waals surface area (Å²) in [5.41, 5.74) is 6.87. The van der Waals surface area contributed by atoms with E-state index in [1.165, 1.54) is 27.8 Å². The summed E-state index contributed by atoms with van der Waals surface area (Å²) in [4.78, 5) is 0. The number of benzene rings is 3. The third kappa shape index (κ3) is 3.15. The average Bonchev–Trinajstić information content (AvgIpc) is 3.18. The monoisotopic (exact) mass is 336 g/mol. The molecule has 0 nitrogen and oxygen atoms in total. The highest BCUT2D eigenvalue weighted by Crippen LogP contribution is 2.43. The maximum absolute atomic E-state index is 2.42. The molecular formula is C26H24. The standard InChI is InChI=1S/C26H24/c1-26(23-13-7-3-8-14-23,24-15-9-4-10-16-24)25-18-17-22(20-25)19-21-11-5-2-6-12-21/h2-17,20H,18-19H2,1H3. The Morgan fingerprint density at radius 1 is 0.692 bits per heavy atom. The summed E-state index contributed by atoms with van der Waals surface area (Å²) in [5.74, 6) is 0. The molecule has 0 atom stereocenters. The summed E-state index contributed by atoms with van der Waals surface area (Å²) < 4.78 is 0. The first-order valence-corrected chi connectivity index (χ1v) is 9.32. The predicted octanol–water partition coefficient (Wildman–Crippen LogP) is 6.49. The van der Waals surface area contributed by atoms with Crippen LogP contribution in [0.5, 0.6) is 0 Å². The molecule has 0 bridgehead atoms. The van der Waals surface area contributed by atoms with Crippen LogP contribution in [0.15, 0.2) is 114 Å². The molecule has 0 unspecified atom stereocenters. The second-order valence-electron chi connectivity index (χ2n) is 7.17. The molecular weight excluding hydrogens is 312 g/mol. The minimum Gasteiger partial charge on any atom is -0.0769 e. The molecule has 0 amide bonds. The van der Waals surface area contributed by atoms with E-state index in [0.29, 0.717) is 0 Å². The SMILES string of the molecule is CC(C1=CC(Cc2ccccc2)=CC1)(c1ccccc1)c1ccccc1. The second kappa shape index (κ2) is 7.17. The first-order valence-electron chi connectivity index (χ1n) is 9.32. The first kappa shape index (κ1) is 16.6. The lowest BCUT2D eigenvalue weighted by Gasteiger charge is -2.33. The lowest BCUT2D eigenvalue weighted by molar-refractivity contribution is 0.662. The Morgan fingerprint density at radius 2 is 1.19 bits per heavy atom. The van der Waals surface area contributed by atoms with Crippen LogP contribution in [-0.2, 0) is 11.8 Å². The van der Waals surface area contributed by atoms with Gasteiger partial charge in [0.1, 0.15) is 0 Å². The fourth-order valence-corrected chi connectivity index (χ4v) is 3.97. The topological polar surface area (TPSA) is 0 Å². The van der Waals surface area contributed by atoms with Crippen molar-refractivity contribution in [1.82, 2.24) is 0 Å². The van der Waals surface area contributed by atoms with Crippen molar-refractivity contribution < 1.29 is 0 Å². The van der Waals surface area contributed by atoms with E-state index >= 15 is 0 Å². The van der Waals surface area contributed by atoms with Gasteiger partial charge in [0.05, 0.1) is 0 Å². The Hall–Kier alpha value is -2.86. The zero-order valence-electron chi connectivity index (χ0n) is 15.2. The zero-order chi connectivity index (χ0) is 17.8. The Labute approximate surface area is 156 Å². The minimum atomic E-state index is -0.0997. The van der Waals surface area contributed by atoms with Gasteiger partial charge in [0.2, 0.25) is 0 Å². The molecule has 1 aliphatic carbocycles. The number of hydrogen-bond acceptors (Lipinski definition) is 0. The van der Waals surface area contributed by atoms with Gasteiger partial charge in [-0.05, 0) is 42.0 Å². The van der Waals surface area contributed by atoms with E-state index in [2.05, 4.69) is 110 Å². The number of allylic oxidation sites excluding steroid dienone is 4. The van der Waals surface area contributed by atoms with Crippen LogP contribution in [0.4, 0.5) is 0 Å². The van der Waals surface area contributed by atoms with Crippen LogP contribution in [0.1, 0.15) is 30.0 Å². The highest BCUT2D eigenvalue weighted by molar-refractivity contribution is 5.53. The van der Waals surface area contributed by atoms with Crippen LogP contribution in [-0.4, -0.2) is 0 Å². The van der Waals surface area contributed by atoms with Crippen LogP contribution < -0.4 is 0 Å². The summed E-state index contributed by atoms with van der Waals surface area (Å²) in [6.07, 6.45) is 6.84. The summed E-state index contributed by atoms with van der Waals surface area (Å²) in [7, 11) is 0. The Kier molecular flexibility index (Phi) is 4.58. The molecule has 3 aromatic carbocycles. The van der Waals surface area contributed by atoms with Crippen molar-refractivity contribution >= 4 is 0 Å². The van der Waals surface area contributed by atoms with E-state index in [9.17, 15) is 0 Å². The molecule has 0 spiro atoms. The molecule has 0 radical (unpaired) electrons. The van der Waals surface area contributed by atoms with Crippen LogP contribution in [0.25, 0.3) is 0 Å². The van der Waals surface area contributed by atoms with Crippen molar-refractivity contribution in [2.45, 2.75) is 25.2 Å². The molecule has 0 aliphatic heterocycles. The molecule has 26 heavy (non-hydrogen) atoms. The van der Waals surface area contributed by atoms with Crippen LogP contribution in [0.2, 0.25) is 0 Å². The maximum Gasteiger partial charge on any atom is 0.0389 e. The van der Waals surface area contributed by atoms with Crippen molar-refractivity contribution in [1.29, 1.82) is 0 Å². The van der Waals surface area contributed by atoms with E-state index < -0.39 is 0 Å². The minimum absolute atomic E-state index is 0.0997. The van der Waals surface area contributed by atoms with Crippen LogP contribution >= 0.6 is 0 Å². The smallest absolute Gasteiger partial charge is 0.0389 e. The molecule has 1 aliphatic rings. The van der Waals surface area contributed by atoms with E-state index in [1.807, 2.05) is 0 Å². The summed E-state index contributed by atoms with van der Waals surface area (Å²) in [5, 5.41) is 0. The second-order valence-corrected chi connectivity index (χ2v) is 7.17. The summed E-state index contributed by atoms with van der Waals surface area (Å²) >= 11 is 0. The summed E-state index contributed by atoms with van der Waals surface area (Å²) in [6.45, 7) is 2.36. The fourth-order valence-electron chi connectivity index (χ4n) is 3.97. The predicted molar refractivity (Wildman–Crippen MR) is 110 cm³/mol. The van der Waals surface area contributed by atoms with Gasteiger partial charge in [0.15, 0.2) is 0 Å². The van der Waals surface area contributed by atoms with Gasteiger partial charge in [0, 0.05) is 5.41 Å². The molecule has 0 saturated carbocycles. The highest BCUT2D eigenvalue weighted by atomic mass is 14.4. The van der Waals surface area contributed by atoms with Gasteiger partial charge in [-0.15, -0.1) is 0 Å². The third-order valence-corrected chi connectivity index (χ3v) is 5.54. The largest absolute Gasteiger partial charge is 0.0769 e. The maximum atomic E-state index is 2.42. The van der Waals surface area contributed by atoms with Crippen molar-refractivity contribution in [2.24, 2.45) is 0 Å². The highest BCUT2D eigenvalue weighted by Gasteiger charge is 2.33. The molecule has 0 aromatic heterocycles. The number of hydrogen-bond donors (Lipinski definition) is 0. The van der Waals surface area contributed by atoms with E-state index in [0.717, 1.165) is 12.8 Å². The van der Waals surface area contributed by atoms with Crippen molar-refractivity contribution in [3.05, 3.63) is 131 Å². The number of rotatable bonds is 5. The van der Waals surface area contributed by atoms with Gasteiger partial charge in [-0.25, -0.2) is 0 Å². The van der Waals surface area contributed by atoms with Crippen molar-refractivity contribution in [3.63, 3.8) is 0 Å². The van der Waals surface area contributed by atoms with Gasteiger partial charge in [0.25, 0.3) is 0 Å². The molecule has 0 fully saturated rings. The molecule has 128 valence electrons. The average molecular weight is 336 g/mol. The third-order valence-electron chi connectivity index (χ3n) is 5.54. The van der Waals surface area contributed by atoms with E-state index in [-0.39, 0.29) is 5.41 Å². The van der Waals surface area contributed by atoms with Crippen molar-refractivity contribution in [3.8, 4) is 0 Å². The lowest BCUT2D eigenvalue weighted by Crippen LogP contribution is -2.25. The Morgan fingerprint density at radius 3 is 1.73 bits per heavy atom. The van der Waals surface area contributed by atoms with E-state index in [4.69, 9.17) is 0 Å². The lowest BCUT2D eigenvalue weighted by atomic mass is 9.70. The van der Waals surface area contributed by atoms with Gasteiger partial charge in [-0.2, -0.15) is 0 Å². The van der Waals surface area contributed by atoms with Crippen LogP contribution in [0.3, 0.4) is 0 Å². The zero-order valence-corrected chi connectivity index (χ0v) is 15.2. The summed E-state index contributed by atoms with van der Waals surface area (Å²) in [6, 6.07) is 32.5. The van der Waals surface area contributed by atoms with Crippen molar-refractivity contribution in [2.75, 3.05) is 0 Å². The van der Waals surface area contributed by atoms with Gasteiger partial charge < -0.3 is 0 Å². The van der Waals surface area contributed by atoms with Gasteiger partial charge >= 0.3 is 0 Å². The van der Waals surface area contributed by atoms with Crippen LogP contribution in [0, 0.1) is 0 Å². The molecule has 4 rings (SSSR count).